The fraction of sp³-hybridized carbons (Fsp3) is 0.222. The maximum atomic E-state index is 10.5. The number of aromatic carboxylic acids is 1. The van der Waals surface area contributed by atoms with Crippen molar-refractivity contribution in [1.29, 1.82) is 0 Å². The molecule has 1 rings (SSSR count). The number of halogens is 1. The van der Waals surface area contributed by atoms with Crippen LogP contribution < -0.4 is 11.1 Å². The van der Waals surface area contributed by atoms with E-state index in [0.29, 0.717) is 11.4 Å². The monoisotopic (exact) mass is 340 g/mol. The van der Waals surface area contributed by atoms with Gasteiger partial charge in [-0.05, 0) is 24.3 Å². The summed E-state index contributed by atoms with van der Waals surface area (Å²) in [7, 11) is 0. The molecular weight excluding hydrogens is 327 g/mol. The Morgan fingerprint density at radius 3 is 2.47 bits per heavy atom. The molecule has 15 heavy (non-hydrogen) atoms. The summed E-state index contributed by atoms with van der Waals surface area (Å²) in [6.45, 7) is 0. The molecular formula is C9H13IN2O2S. The van der Waals surface area contributed by atoms with Gasteiger partial charge in [-0.15, -0.1) is 35.7 Å². The zero-order chi connectivity index (χ0) is 10.4. The Morgan fingerprint density at radius 1 is 1.40 bits per heavy atom. The Labute approximate surface area is 110 Å². The van der Waals surface area contributed by atoms with Crippen LogP contribution in [0.15, 0.2) is 24.3 Å². The maximum Gasteiger partial charge on any atom is 0.335 e. The van der Waals surface area contributed by atoms with Gasteiger partial charge in [0.15, 0.2) is 0 Å². The van der Waals surface area contributed by atoms with Gasteiger partial charge < -0.3 is 16.2 Å². The molecule has 0 spiro atoms. The Balaban J connectivity index is 0.00000196. The summed E-state index contributed by atoms with van der Waals surface area (Å²) < 4.78 is 0. The number of nitrogens with one attached hydrogen (secondary N) is 1. The lowest BCUT2D eigenvalue weighted by molar-refractivity contribution is 0.0697. The number of benzene rings is 1. The first-order chi connectivity index (χ1) is 6.74. The number of carboxylic acids is 1. The highest BCUT2D eigenvalue weighted by Gasteiger charge is 2.00. The summed E-state index contributed by atoms with van der Waals surface area (Å²) in [5.74, 6) is 0.385. The summed E-state index contributed by atoms with van der Waals surface area (Å²) in [5.41, 5.74) is 6.49. The molecule has 1 aromatic rings. The van der Waals surface area contributed by atoms with Crippen LogP contribution in [0.2, 0.25) is 0 Å². The molecule has 0 heterocycles. The predicted molar refractivity (Wildman–Crippen MR) is 74.0 cm³/mol. The maximum absolute atomic E-state index is 10.5. The van der Waals surface area contributed by atoms with Gasteiger partial charge >= 0.3 is 5.97 Å². The van der Waals surface area contributed by atoms with Gasteiger partial charge in [-0.3, -0.25) is 0 Å². The highest BCUT2D eigenvalue weighted by molar-refractivity contribution is 14.0. The van der Waals surface area contributed by atoms with Crippen LogP contribution in [0.1, 0.15) is 10.4 Å². The molecule has 0 amide bonds. The second-order valence-electron chi connectivity index (χ2n) is 2.57. The number of hydrogen-bond acceptors (Lipinski definition) is 4. The van der Waals surface area contributed by atoms with Crippen LogP contribution >= 0.6 is 35.7 Å². The normalized spacial score (nSPS) is 9.13. The van der Waals surface area contributed by atoms with Crippen molar-refractivity contribution in [3.05, 3.63) is 29.8 Å². The van der Waals surface area contributed by atoms with Gasteiger partial charge in [0, 0.05) is 11.6 Å². The van der Waals surface area contributed by atoms with E-state index in [4.69, 9.17) is 10.8 Å². The van der Waals surface area contributed by atoms with Crippen molar-refractivity contribution in [2.75, 3.05) is 17.1 Å². The Kier molecular flexibility index (Phi) is 7.53. The first-order valence-corrected chi connectivity index (χ1v) is 5.24. The third-order valence-electron chi connectivity index (χ3n) is 1.63. The predicted octanol–water partition coefficient (Wildman–Crippen LogP) is 2.02. The minimum absolute atomic E-state index is 0. The second-order valence-corrected chi connectivity index (χ2v) is 3.60. The standard InChI is InChI=1S/C9H12N2O2S.HI/c10-5-14-6-11-8-3-1-7(2-4-8)9(12)13;/h1-4,11H,5-6,10H2,(H,12,13);1H. The zero-order valence-electron chi connectivity index (χ0n) is 7.97. The number of carboxylic acid groups (broad SMARTS) is 1. The first-order valence-electron chi connectivity index (χ1n) is 4.09. The van der Waals surface area contributed by atoms with Crippen molar-refractivity contribution in [3.63, 3.8) is 0 Å². The van der Waals surface area contributed by atoms with Gasteiger partial charge in [-0.1, -0.05) is 0 Å². The number of carbonyl (C=O) groups is 1. The van der Waals surface area contributed by atoms with Crippen molar-refractivity contribution < 1.29 is 9.90 Å². The molecule has 1 aromatic carbocycles. The molecule has 0 aliphatic rings. The summed E-state index contributed by atoms with van der Waals surface area (Å²) >= 11 is 1.56. The van der Waals surface area contributed by atoms with Crippen LogP contribution in [-0.2, 0) is 0 Å². The largest absolute Gasteiger partial charge is 0.478 e. The lowest BCUT2D eigenvalue weighted by atomic mass is 10.2. The first kappa shape index (κ1) is 14.5. The van der Waals surface area contributed by atoms with Crippen molar-refractivity contribution in [2.24, 2.45) is 5.73 Å². The lowest BCUT2D eigenvalue weighted by Crippen LogP contribution is -2.02. The Morgan fingerprint density at radius 2 is 2.00 bits per heavy atom. The van der Waals surface area contributed by atoms with E-state index >= 15 is 0 Å². The van der Waals surface area contributed by atoms with E-state index in [2.05, 4.69) is 5.32 Å². The van der Waals surface area contributed by atoms with Gasteiger partial charge in [0.1, 0.15) is 0 Å². The van der Waals surface area contributed by atoms with Gasteiger partial charge in [0.2, 0.25) is 0 Å². The van der Waals surface area contributed by atoms with E-state index in [9.17, 15) is 4.79 Å². The molecule has 0 unspecified atom stereocenters. The zero-order valence-corrected chi connectivity index (χ0v) is 11.1. The number of anilines is 1. The molecule has 0 aliphatic heterocycles. The molecule has 0 atom stereocenters. The number of rotatable bonds is 5. The molecule has 0 fully saturated rings. The fourth-order valence-corrected chi connectivity index (χ4v) is 1.31. The SMILES string of the molecule is I.NCSCNc1ccc(C(=O)O)cc1. The molecule has 4 N–H and O–H groups in total. The van der Waals surface area contributed by atoms with E-state index in [-0.39, 0.29) is 24.0 Å². The smallest absolute Gasteiger partial charge is 0.335 e. The van der Waals surface area contributed by atoms with Crippen molar-refractivity contribution in [1.82, 2.24) is 0 Å². The highest BCUT2D eigenvalue weighted by Crippen LogP contribution is 2.10. The molecule has 0 bridgehead atoms. The minimum atomic E-state index is -0.909. The molecule has 84 valence electrons. The fourth-order valence-electron chi connectivity index (χ4n) is 0.924. The van der Waals surface area contributed by atoms with Crippen LogP contribution in [0.5, 0.6) is 0 Å². The Bertz CT molecular complexity index is 305. The average Bonchev–Trinajstić information content (AvgIpc) is 2.19. The molecule has 6 heteroatoms. The Hall–Kier alpha value is -0.470. The van der Waals surface area contributed by atoms with Crippen molar-refractivity contribution >= 4 is 47.4 Å². The quantitative estimate of drug-likeness (QED) is 0.434. The van der Waals surface area contributed by atoms with E-state index in [1.165, 1.54) is 0 Å². The van der Waals surface area contributed by atoms with Gasteiger partial charge in [0.05, 0.1) is 11.4 Å². The molecule has 0 saturated heterocycles. The molecule has 0 saturated carbocycles. The molecule has 0 aliphatic carbocycles. The van der Waals surface area contributed by atoms with Crippen LogP contribution in [0.25, 0.3) is 0 Å². The molecule has 0 radical (unpaired) electrons. The van der Waals surface area contributed by atoms with E-state index in [0.717, 1.165) is 11.6 Å². The average molecular weight is 340 g/mol. The van der Waals surface area contributed by atoms with Crippen LogP contribution in [0, 0.1) is 0 Å². The summed E-state index contributed by atoms with van der Waals surface area (Å²) in [6, 6.07) is 6.61. The second kappa shape index (κ2) is 7.77. The van der Waals surface area contributed by atoms with Crippen LogP contribution in [0.4, 0.5) is 5.69 Å². The van der Waals surface area contributed by atoms with Gasteiger partial charge in [-0.25, -0.2) is 4.79 Å². The summed E-state index contributed by atoms with van der Waals surface area (Å²) in [6.07, 6.45) is 0. The third kappa shape index (κ3) is 5.24. The van der Waals surface area contributed by atoms with Crippen molar-refractivity contribution in [3.8, 4) is 0 Å². The van der Waals surface area contributed by atoms with E-state index in [1.54, 1.807) is 36.0 Å². The van der Waals surface area contributed by atoms with Crippen molar-refractivity contribution in [2.45, 2.75) is 0 Å². The van der Waals surface area contributed by atoms with E-state index < -0.39 is 5.97 Å². The lowest BCUT2D eigenvalue weighted by Gasteiger charge is -2.04. The van der Waals surface area contributed by atoms with Crippen LogP contribution in [0.3, 0.4) is 0 Å². The van der Waals surface area contributed by atoms with Gasteiger partial charge in [0.25, 0.3) is 0 Å². The van der Waals surface area contributed by atoms with Crippen LogP contribution in [-0.4, -0.2) is 22.8 Å². The third-order valence-corrected chi connectivity index (χ3v) is 2.21. The topological polar surface area (TPSA) is 75.3 Å². The highest BCUT2D eigenvalue weighted by atomic mass is 127. The minimum Gasteiger partial charge on any atom is -0.478 e. The van der Waals surface area contributed by atoms with E-state index in [1.807, 2.05) is 0 Å². The van der Waals surface area contributed by atoms with Gasteiger partial charge in [-0.2, -0.15) is 0 Å². The summed E-state index contributed by atoms with van der Waals surface area (Å²) in [5, 5.41) is 11.8. The number of thioether (sulfide) groups is 1. The number of nitrogens with two attached hydrogens (primary N) is 1. The summed E-state index contributed by atoms with van der Waals surface area (Å²) in [4.78, 5) is 10.5. The molecule has 0 aromatic heterocycles. The number of hydrogen-bond donors (Lipinski definition) is 3. The molecule has 4 nitrogen and oxygen atoms in total.